The lowest BCUT2D eigenvalue weighted by atomic mass is 9.84. The summed E-state index contributed by atoms with van der Waals surface area (Å²) in [5, 5.41) is 8.72. The van der Waals surface area contributed by atoms with Crippen molar-refractivity contribution in [2.75, 3.05) is 25.0 Å². The summed E-state index contributed by atoms with van der Waals surface area (Å²) in [6.45, 7) is 8.05. The molecule has 3 rings (SSSR count). The van der Waals surface area contributed by atoms with Gasteiger partial charge in [-0.25, -0.2) is 9.59 Å². The maximum Gasteiger partial charge on any atom is 0.573 e. The number of hydrogen-bond donors (Lipinski definition) is 3. The smallest absolute Gasteiger partial charge is 0.444 e. The molecule has 0 bridgehead atoms. The molecule has 236 valence electrons. The quantitative estimate of drug-likeness (QED) is 0.321. The minimum Gasteiger partial charge on any atom is -0.444 e. The van der Waals surface area contributed by atoms with E-state index in [1.807, 2.05) is 0 Å². The number of likely N-dealkylation sites (tertiary alicyclic amines) is 1. The van der Waals surface area contributed by atoms with E-state index in [2.05, 4.69) is 20.7 Å². The number of alkyl carbamates (subject to hydrolysis) is 1. The average molecular weight is 601 g/mol. The van der Waals surface area contributed by atoms with Gasteiger partial charge in [-0.3, -0.25) is 4.79 Å². The third-order valence-corrected chi connectivity index (χ3v) is 7.06. The third-order valence-electron chi connectivity index (χ3n) is 7.06. The van der Waals surface area contributed by atoms with Crippen LogP contribution in [0.15, 0.2) is 24.3 Å². The summed E-state index contributed by atoms with van der Waals surface area (Å²) in [7, 11) is 0. The Morgan fingerprint density at radius 2 is 1.67 bits per heavy atom. The lowest BCUT2D eigenvalue weighted by molar-refractivity contribution is -0.274. The number of nitrogens with one attached hydrogen (secondary N) is 3. The predicted octanol–water partition coefficient (Wildman–Crippen LogP) is 5.58. The van der Waals surface area contributed by atoms with Gasteiger partial charge in [0, 0.05) is 31.2 Å². The second kappa shape index (κ2) is 14.7. The summed E-state index contributed by atoms with van der Waals surface area (Å²) in [5.74, 6) is -0.370. The normalized spacial score (nSPS) is 19.4. The van der Waals surface area contributed by atoms with Crippen molar-refractivity contribution in [1.82, 2.24) is 15.5 Å². The van der Waals surface area contributed by atoms with Gasteiger partial charge in [0.2, 0.25) is 5.91 Å². The Morgan fingerprint density at radius 1 is 1.00 bits per heavy atom. The van der Waals surface area contributed by atoms with E-state index in [4.69, 9.17) is 9.47 Å². The van der Waals surface area contributed by atoms with Crippen LogP contribution in [0.5, 0.6) is 5.75 Å². The molecule has 1 saturated heterocycles. The van der Waals surface area contributed by atoms with Crippen molar-refractivity contribution in [3.8, 4) is 5.75 Å². The van der Waals surface area contributed by atoms with E-state index in [1.54, 1.807) is 27.7 Å². The molecular weight excluding hydrogens is 557 g/mol. The Labute approximate surface area is 245 Å². The largest absolute Gasteiger partial charge is 0.573 e. The second-order valence-electron chi connectivity index (χ2n) is 12.0. The highest BCUT2D eigenvalue weighted by Crippen LogP contribution is 2.28. The van der Waals surface area contributed by atoms with Crippen LogP contribution in [0.25, 0.3) is 0 Å². The van der Waals surface area contributed by atoms with Crippen molar-refractivity contribution in [3.63, 3.8) is 0 Å². The van der Waals surface area contributed by atoms with E-state index in [9.17, 15) is 27.6 Å². The first kappa shape index (κ1) is 33.1. The molecule has 3 amide bonds. The molecule has 2 aliphatic rings. The predicted molar refractivity (Wildman–Crippen MR) is 150 cm³/mol. The van der Waals surface area contributed by atoms with Crippen LogP contribution in [-0.4, -0.2) is 72.8 Å². The minimum absolute atomic E-state index is 0.216. The fourth-order valence-corrected chi connectivity index (χ4v) is 5.07. The molecule has 0 unspecified atom stereocenters. The average Bonchev–Trinajstić information content (AvgIpc) is 3.35. The van der Waals surface area contributed by atoms with E-state index in [-0.39, 0.29) is 24.2 Å². The highest BCUT2D eigenvalue weighted by atomic mass is 19.4. The fourth-order valence-electron chi connectivity index (χ4n) is 5.07. The lowest BCUT2D eigenvalue weighted by Crippen LogP contribution is -2.51. The van der Waals surface area contributed by atoms with Crippen LogP contribution in [0.2, 0.25) is 0 Å². The Kier molecular flexibility index (Phi) is 11.6. The molecule has 1 saturated carbocycles. The molecule has 0 radical (unpaired) electrons. The number of benzene rings is 1. The Morgan fingerprint density at radius 3 is 2.29 bits per heavy atom. The molecule has 0 spiro atoms. The van der Waals surface area contributed by atoms with Gasteiger partial charge in [-0.2, -0.15) is 0 Å². The van der Waals surface area contributed by atoms with E-state index in [0.717, 1.165) is 32.1 Å². The summed E-state index contributed by atoms with van der Waals surface area (Å²) in [6, 6.07) is 4.15. The van der Waals surface area contributed by atoms with Crippen molar-refractivity contribution in [2.45, 2.75) is 103 Å². The number of amides is 3. The van der Waals surface area contributed by atoms with Crippen LogP contribution in [0.1, 0.15) is 72.6 Å². The van der Waals surface area contributed by atoms with Crippen molar-refractivity contribution in [2.24, 2.45) is 5.92 Å². The second-order valence-corrected chi connectivity index (χ2v) is 12.0. The fraction of sp³-hybridized carbons (Fsp3) is 0.690. The van der Waals surface area contributed by atoms with Gasteiger partial charge >= 0.3 is 18.5 Å². The SMILES string of the molecule is C[C@@H](CNc1ccc(OC(F)(F)F)cc1)NC(=O)[C@H](CC1CCCCC1)NC(=O)O[C@@H]1CCN(C(=O)OC(C)(C)C)C1. The van der Waals surface area contributed by atoms with E-state index in [1.165, 1.54) is 29.2 Å². The molecule has 1 aromatic carbocycles. The number of alkyl halides is 3. The third kappa shape index (κ3) is 11.8. The van der Waals surface area contributed by atoms with Gasteiger partial charge in [0.05, 0.1) is 6.54 Å². The standard InChI is InChI=1S/C29H43F3N4O6/c1-19(17-33-21-10-12-22(13-11-21)41-29(30,31)32)34-25(37)24(16-20-8-6-5-7-9-20)35-26(38)40-23-14-15-36(18-23)27(39)42-28(2,3)4/h10-13,19-20,23-24,33H,5-9,14-18H2,1-4H3,(H,34,37)(H,35,38)/t19-,23+,24-/m0/s1. The van der Waals surface area contributed by atoms with Crippen molar-refractivity contribution in [1.29, 1.82) is 0 Å². The Bertz CT molecular complexity index is 1040. The number of carbonyl (C=O) groups is 3. The van der Waals surface area contributed by atoms with Crippen LogP contribution in [-0.2, 0) is 14.3 Å². The molecule has 13 heteroatoms. The molecule has 10 nitrogen and oxygen atoms in total. The Balaban J connectivity index is 1.51. The van der Waals surface area contributed by atoms with Gasteiger partial charge in [0.15, 0.2) is 0 Å². The van der Waals surface area contributed by atoms with Crippen LogP contribution in [0.3, 0.4) is 0 Å². The number of carbonyl (C=O) groups excluding carboxylic acids is 3. The van der Waals surface area contributed by atoms with Gasteiger partial charge < -0.3 is 35.1 Å². The highest BCUT2D eigenvalue weighted by Gasteiger charge is 2.34. The summed E-state index contributed by atoms with van der Waals surface area (Å²) in [5.41, 5.74) is -0.0706. The molecule has 3 N–H and O–H groups in total. The Hall–Kier alpha value is -3.38. The van der Waals surface area contributed by atoms with Crippen molar-refractivity contribution in [3.05, 3.63) is 24.3 Å². The molecule has 1 heterocycles. The first-order chi connectivity index (χ1) is 19.7. The molecule has 3 atom stereocenters. The zero-order valence-electron chi connectivity index (χ0n) is 24.7. The number of hydrogen-bond acceptors (Lipinski definition) is 7. The van der Waals surface area contributed by atoms with Gasteiger partial charge in [-0.1, -0.05) is 32.1 Å². The zero-order chi connectivity index (χ0) is 30.9. The monoisotopic (exact) mass is 600 g/mol. The zero-order valence-corrected chi connectivity index (χ0v) is 24.7. The molecule has 0 aromatic heterocycles. The number of rotatable bonds is 10. The molecular formula is C29H43F3N4O6. The molecule has 1 aliphatic carbocycles. The van der Waals surface area contributed by atoms with E-state index in [0.29, 0.717) is 37.5 Å². The van der Waals surface area contributed by atoms with Crippen molar-refractivity contribution >= 4 is 23.8 Å². The molecule has 1 aromatic rings. The van der Waals surface area contributed by atoms with Crippen LogP contribution >= 0.6 is 0 Å². The number of anilines is 1. The first-order valence-corrected chi connectivity index (χ1v) is 14.5. The number of nitrogens with zero attached hydrogens (tertiary/aromatic N) is 1. The van der Waals surface area contributed by atoms with Crippen LogP contribution in [0.4, 0.5) is 28.4 Å². The summed E-state index contributed by atoms with van der Waals surface area (Å²) >= 11 is 0. The van der Waals surface area contributed by atoms with Gasteiger partial charge in [0.25, 0.3) is 0 Å². The van der Waals surface area contributed by atoms with Gasteiger partial charge in [-0.05, 0) is 64.3 Å². The topological polar surface area (TPSA) is 118 Å². The molecule has 42 heavy (non-hydrogen) atoms. The lowest BCUT2D eigenvalue weighted by Gasteiger charge is -2.28. The first-order valence-electron chi connectivity index (χ1n) is 14.5. The van der Waals surface area contributed by atoms with Crippen molar-refractivity contribution < 1.29 is 41.8 Å². The molecule has 2 fully saturated rings. The van der Waals surface area contributed by atoms with Crippen LogP contribution < -0.4 is 20.7 Å². The maximum absolute atomic E-state index is 13.3. The number of ether oxygens (including phenoxy) is 3. The number of halogens is 3. The molecule has 1 aliphatic heterocycles. The summed E-state index contributed by atoms with van der Waals surface area (Å²) in [6.07, 6.45) is -0.201. The maximum atomic E-state index is 13.3. The van der Waals surface area contributed by atoms with E-state index < -0.39 is 36.3 Å². The van der Waals surface area contributed by atoms with Gasteiger partial charge in [-0.15, -0.1) is 13.2 Å². The minimum atomic E-state index is -4.76. The summed E-state index contributed by atoms with van der Waals surface area (Å²) < 4.78 is 52.0. The van der Waals surface area contributed by atoms with Gasteiger partial charge in [0.1, 0.15) is 23.5 Å². The summed E-state index contributed by atoms with van der Waals surface area (Å²) in [4.78, 5) is 39.9. The van der Waals surface area contributed by atoms with E-state index >= 15 is 0 Å². The van der Waals surface area contributed by atoms with Crippen LogP contribution in [0, 0.1) is 5.92 Å². The highest BCUT2D eigenvalue weighted by molar-refractivity contribution is 5.86.